The van der Waals surface area contributed by atoms with Crippen LogP contribution >= 0.6 is 0 Å². The molecule has 0 saturated carbocycles. The summed E-state index contributed by atoms with van der Waals surface area (Å²) in [7, 11) is 0. The average Bonchev–Trinajstić information content (AvgIpc) is 3.68. The number of benzene rings is 1. The summed E-state index contributed by atoms with van der Waals surface area (Å²) in [5.41, 5.74) is 2.37. The highest BCUT2D eigenvalue weighted by Crippen LogP contribution is 2.36. The molecule has 9 heteroatoms. The molecule has 2 aromatic rings. The number of likely N-dealkylation sites (tertiary alicyclic amines) is 1. The lowest BCUT2D eigenvalue weighted by atomic mass is 9.88. The summed E-state index contributed by atoms with van der Waals surface area (Å²) < 4.78 is 6.15. The Morgan fingerprint density at radius 2 is 1.90 bits per heavy atom. The number of anilines is 1. The molecule has 6 rings (SSSR count). The third kappa shape index (κ3) is 5.98. The van der Waals surface area contributed by atoms with Gasteiger partial charge in [-0.1, -0.05) is 18.2 Å². The SMILES string of the molecule is CC1(NC(=O)c2ccccc2)CCN(c2ccc(C3=CC(OCCN4CCCC4)=CN4N=CC(C#N)C34)cn2)CC1. The highest BCUT2D eigenvalue weighted by molar-refractivity contribution is 5.94. The van der Waals surface area contributed by atoms with Crippen LogP contribution in [0.4, 0.5) is 5.82 Å². The van der Waals surface area contributed by atoms with Crippen molar-refractivity contribution in [3.8, 4) is 6.07 Å². The van der Waals surface area contributed by atoms with Gasteiger partial charge in [-0.3, -0.25) is 14.7 Å². The zero-order valence-electron chi connectivity index (χ0n) is 23.6. The van der Waals surface area contributed by atoms with E-state index in [2.05, 4.69) is 45.3 Å². The first-order valence-corrected chi connectivity index (χ1v) is 14.6. The summed E-state index contributed by atoms with van der Waals surface area (Å²) in [6.07, 6.45) is 11.7. The van der Waals surface area contributed by atoms with Gasteiger partial charge in [0.1, 0.15) is 24.1 Å². The molecule has 5 heterocycles. The molecule has 4 aliphatic rings. The second-order valence-corrected chi connectivity index (χ2v) is 11.5. The van der Waals surface area contributed by atoms with Crippen molar-refractivity contribution in [3.05, 3.63) is 77.8 Å². The molecule has 1 amide bonds. The highest BCUT2D eigenvalue weighted by atomic mass is 16.5. The molecule has 9 nitrogen and oxygen atoms in total. The highest BCUT2D eigenvalue weighted by Gasteiger charge is 2.37. The number of pyridine rings is 1. The van der Waals surface area contributed by atoms with Crippen molar-refractivity contribution >= 4 is 23.5 Å². The number of nitrogens with one attached hydrogen (secondary N) is 1. The summed E-state index contributed by atoms with van der Waals surface area (Å²) in [5, 5.41) is 19.3. The predicted octanol–water partition coefficient (Wildman–Crippen LogP) is 4.03. The van der Waals surface area contributed by atoms with E-state index in [4.69, 9.17) is 9.72 Å². The lowest BCUT2D eigenvalue weighted by Crippen LogP contribution is -2.53. The van der Waals surface area contributed by atoms with Crippen LogP contribution in [0.1, 0.15) is 48.5 Å². The predicted molar refractivity (Wildman–Crippen MR) is 159 cm³/mol. The second-order valence-electron chi connectivity index (χ2n) is 11.5. The number of hydrogen-bond donors (Lipinski definition) is 1. The van der Waals surface area contributed by atoms with Gasteiger partial charge < -0.3 is 15.0 Å². The van der Waals surface area contributed by atoms with E-state index < -0.39 is 0 Å². The Hall–Kier alpha value is -4.16. The van der Waals surface area contributed by atoms with Crippen LogP contribution in [0.3, 0.4) is 0 Å². The molecular formula is C32H37N7O2. The number of carbonyl (C=O) groups is 1. The molecule has 0 bridgehead atoms. The number of fused-ring (bicyclic) bond motifs is 1. The Labute approximate surface area is 241 Å². The largest absolute Gasteiger partial charge is 0.491 e. The first-order chi connectivity index (χ1) is 20.0. The number of hydrogen-bond acceptors (Lipinski definition) is 8. The Bertz CT molecular complexity index is 1370. The van der Waals surface area contributed by atoms with Gasteiger partial charge in [-0.05, 0) is 87.2 Å². The van der Waals surface area contributed by atoms with Crippen LogP contribution in [0.25, 0.3) is 5.57 Å². The topological polar surface area (TPSA) is 97.1 Å². The van der Waals surface area contributed by atoms with Gasteiger partial charge in [0.15, 0.2) is 0 Å². The van der Waals surface area contributed by atoms with E-state index in [0.717, 1.165) is 68.3 Å². The normalized spacial score (nSPS) is 23.4. The Morgan fingerprint density at radius 1 is 1.12 bits per heavy atom. The first kappa shape index (κ1) is 27.0. The smallest absolute Gasteiger partial charge is 0.251 e. The maximum absolute atomic E-state index is 12.7. The quantitative estimate of drug-likeness (QED) is 0.529. The minimum absolute atomic E-state index is 0.0289. The van der Waals surface area contributed by atoms with Crippen molar-refractivity contribution < 1.29 is 9.53 Å². The molecule has 1 aromatic carbocycles. The molecule has 4 aliphatic heterocycles. The van der Waals surface area contributed by atoms with Crippen molar-refractivity contribution in [2.75, 3.05) is 44.2 Å². The third-order valence-corrected chi connectivity index (χ3v) is 8.61. The number of piperidine rings is 1. The minimum atomic E-state index is -0.339. The first-order valence-electron chi connectivity index (χ1n) is 14.6. The number of hydrazone groups is 1. The van der Waals surface area contributed by atoms with Crippen LogP contribution in [0.5, 0.6) is 0 Å². The van der Waals surface area contributed by atoms with Gasteiger partial charge in [-0.15, -0.1) is 0 Å². The maximum atomic E-state index is 12.7. The second kappa shape index (κ2) is 11.8. The molecule has 41 heavy (non-hydrogen) atoms. The molecule has 0 spiro atoms. The number of allylic oxidation sites excluding steroid dienone is 1. The summed E-state index contributed by atoms with van der Waals surface area (Å²) in [6.45, 7) is 7.55. The lowest BCUT2D eigenvalue weighted by molar-refractivity contribution is 0.0891. The molecule has 0 radical (unpaired) electrons. The fourth-order valence-corrected chi connectivity index (χ4v) is 6.09. The van der Waals surface area contributed by atoms with Gasteiger partial charge in [0, 0.05) is 43.1 Å². The molecule has 1 N–H and O–H groups in total. The summed E-state index contributed by atoms with van der Waals surface area (Å²) in [5.74, 6) is 1.30. The Morgan fingerprint density at radius 3 is 2.61 bits per heavy atom. The number of carbonyl (C=O) groups excluding carboxylic acids is 1. The van der Waals surface area contributed by atoms with Crippen molar-refractivity contribution in [1.82, 2.24) is 20.2 Å². The van der Waals surface area contributed by atoms with Gasteiger partial charge in [-0.25, -0.2) is 4.98 Å². The van der Waals surface area contributed by atoms with Gasteiger partial charge >= 0.3 is 0 Å². The summed E-state index contributed by atoms with van der Waals surface area (Å²) in [4.78, 5) is 22.3. The van der Waals surface area contributed by atoms with E-state index in [1.165, 1.54) is 12.8 Å². The molecule has 2 atom stereocenters. The van der Waals surface area contributed by atoms with Crippen LogP contribution < -0.4 is 10.2 Å². The van der Waals surface area contributed by atoms with Crippen LogP contribution in [0.15, 0.2) is 71.8 Å². The number of amides is 1. The number of aromatic nitrogens is 1. The average molecular weight is 552 g/mol. The monoisotopic (exact) mass is 551 g/mol. The molecule has 0 aliphatic carbocycles. The van der Waals surface area contributed by atoms with Gasteiger partial charge in [0.05, 0.1) is 18.3 Å². The Kier molecular flexibility index (Phi) is 7.75. The van der Waals surface area contributed by atoms with Crippen LogP contribution in [-0.4, -0.2) is 77.9 Å². The minimum Gasteiger partial charge on any atom is -0.491 e. The molecule has 2 saturated heterocycles. The molecule has 2 unspecified atom stereocenters. The van der Waals surface area contributed by atoms with Crippen molar-refractivity contribution in [3.63, 3.8) is 0 Å². The Balaban J connectivity index is 1.11. The molecule has 212 valence electrons. The number of nitrogens with zero attached hydrogens (tertiary/aromatic N) is 6. The summed E-state index contributed by atoms with van der Waals surface area (Å²) >= 11 is 0. The van der Waals surface area contributed by atoms with E-state index in [1.54, 1.807) is 6.21 Å². The molecular weight excluding hydrogens is 514 g/mol. The van der Waals surface area contributed by atoms with E-state index in [-0.39, 0.29) is 23.4 Å². The van der Waals surface area contributed by atoms with Gasteiger partial charge in [-0.2, -0.15) is 10.4 Å². The summed E-state index contributed by atoms with van der Waals surface area (Å²) in [6, 6.07) is 15.7. The fraction of sp³-hybridized carbons (Fsp3) is 0.438. The van der Waals surface area contributed by atoms with Gasteiger partial charge in [0.25, 0.3) is 5.91 Å². The van der Waals surface area contributed by atoms with Crippen molar-refractivity contribution in [2.24, 2.45) is 11.0 Å². The van der Waals surface area contributed by atoms with Crippen LogP contribution in [-0.2, 0) is 4.74 Å². The van der Waals surface area contributed by atoms with Crippen molar-refractivity contribution in [2.45, 2.75) is 44.2 Å². The van der Waals surface area contributed by atoms with Crippen LogP contribution in [0, 0.1) is 17.2 Å². The van der Waals surface area contributed by atoms with Crippen molar-refractivity contribution in [1.29, 1.82) is 5.26 Å². The zero-order chi connectivity index (χ0) is 28.2. The van der Waals surface area contributed by atoms with Gasteiger partial charge in [0.2, 0.25) is 0 Å². The third-order valence-electron chi connectivity index (χ3n) is 8.61. The standard InChI is InChI=1S/C32H37N7O2/c1-32(36-31(40)24-7-3-2-4-8-24)11-15-38(16-12-32)29-10-9-25(21-34-29)28-19-27(41-18-17-37-13-5-6-14-37)23-39-30(28)26(20-33)22-35-39/h2-4,7-10,19,21-23,26,30H,5-6,11-18H2,1H3,(H,36,40). The molecule has 1 aromatic heterocycles. The molecule has 2 fully saturated rings. The number of nitriles is 1. The lowest BCUT2D eigenvalue weighted by Gasteiger charge is -2.40. The van der Waals surface area contributed by atoms with E-state index in [0.29, 0.717) is 12.2 Å². The zero-order valence-corrected chi connectivity index (χ0v) is 23.6. The maximum Gasteiger partial charge on any atom is 0.251 e. The van der Waals surface area contributed by atoms with E-state index >= 15 is 0 Å². The van der Waals surface area contributed by atoms with E-state index in [1.807, 2.05) is 53.8 Å². The fourth-order valence-electron chi connectivity index (χ4n) is 6.09. The number of rotatable bonds is 8. The number of ether oxygens (including phenoxy) is 1. The van der Waals surface area contributed by atoms with E-state index in [9.17, 15) is 10.1 Å². The van der Waals surface area contributed by atoms with Crippen LogP contribution in [0.2, 0.25) is 0 Å².